The zero-order valence-corrected chi connectivity index (χ0v) is 20.7. The van der Waals surface area contributed by atoms with Crippen molar-refractivity contribution in [3.8, 4) is 11.1 Å². The van der Waals surface area contributed by atoms with Crippen molar-refractivity contribution in [2.24, 2.45) is 0 Å². The molecular formula is C27H26Cl2N2O3. The second kappa shape index (κ2) is 11.7. The van der Waals surface area contributed by atoms with Crippen LogP contribution in [-0.4, -0.2) is 25.2 Å². The van der Waals surface area contributed by atoms with E-state index in [1.807, 2.05) is 74.5 Å². The molecule has 5 nitrogen and oxygen atoms in total. The van der Waals surface area contributed by atoms with Gasteiger partial charge in [0, 0.05) is 27.9 Å². The number of carbonyl (C=O) groups excluding carboxylic acids is 2. The van der Waals surface area contributed by atoms with Crippen LogP contribution in [0.25, 0.3) is 17.2 Å². The Kier molecular flexibility index (Phi) is 8.74. The van der Waals surface area contributed by atoms with E-state index in [1.54, 1.807) is 17.0 Å². The second-order valence-corrected chi connectivity index (χ2v) is 8.87. The van der Waals surface area contributed by atoms with Crippen LogP contribution in [0.5, 0.6) is 0 Å². The maximum atomic E-state index is 13.0. The number of amides is 2. The molecule has 0 unspecified atom stereocenters. The van der Waals surface area contributed by atoms with Crippen molar-refractivity contribution in [3.05, 3.63) is 94.0 Å². The van der Waals surface area contributed by atoms with Crippen LogP contribution in [0, 0.1) is 0 Å². The number of nitrogens with one attached hydrogen (secondary N) is 1. The highest BCUT2D eigenvalue weighted by atomic mass is 35.5. The number of ether oxygens (including phenoxy) is 1. The van der Waals surface area contributed by atoms with Crippen LogP contribution in [0.15, 0.2) is 72.8 Å². The smallest absolute Gasteiger partial charge is 0.330 e. The van der Waals surface area contributed by atoms with E-state index in [-0.39, 0.29) is 12.1 Å². The third-order valence-electron chi connectivity index (χ3n) is 4.94. The number of esters is 1. The van der Waals surface area contributed by atoms with E-state index < -0.39 is 5.97 Å². The number of carbonyl (C=O) groups is 2. The molecule has 2 amide bonds. The summed E-state index contributed by atoms with van der Waals surface area (Å²) in [6.45, 7) is 4.19. The monoisotopic (exact) mass is 496 g/mol. The second-order valence-electron chi connectivity index (χ2n) is 8.00. The van der Waals surface area contributed by atoms with E-state index >= 15 is 0 Å². The molecule has 0 aliphatic heterocycles. The number of halogens is 2. The highest BCUT2D eigenvalue weighted by Gasteiger charge is 2.17. The van der Waals surface area contributed by atoms with Crippen LogP contribution < -0.4 is 10.2 Å². The molecule has 0 saturated heterocycles. The van der Waals surface area contributed by atoms with Crippen molar-refractivity contribution >= 4 is 47.0 Å². The number of urea groups is 1. The van der Waals surface area contributed by atoms with Crippen LogP contribution in [-0.2, 0) is 16.1 Å². The minimum Gasteiger partial charge on any atom is -0.466 e. The standard InChI is InChI=1S/C27H26Cl2N2O3/c1-18(2)30-27(33)31(25-6-4-5-19(13-25)9-12-26(32)34-3)17-20-7-10-21(11-8-20)22-14-23(28)16-24(29)15-22/h4-16,18H,17H2,1-3H3,(H,30,33)/b12-9+. The Morgan fingerprint density at radius 3 is 2.26 bits per heavy atom. The molecule has 0 radical (unpaired) electrons. The van der Waals surface area contributed by atoms with E-state index in [0.717, 1.165) is 22.3 Å². The summed E-state index contributed by atoms with van der Waals surface area (Å²) in [6, 6.07) is 20.5. The van der Waals surface area contributed by atoms with Gasteiger partial charge in [0.05, 0.1) is 13.7 Å². The summed E-state index contributed by atoms with van der Waals surface area (Å²) >= 11 is 12.3. The first-order valence-corrected chi connectivity index (χ1v) is 11.5. The summed E-state index contributed by atoms with van der Waals surface area (Å²) in [6.07, 6.45) is 3.00. The molecule has 7 heteroatoms. The molecule has 176 valence electrons. The van der Waals surface area contributed by atoms with Gasteiger partial charge in [0.1, 0.15) is 0 Å². The lowest BCUT2D eigenvalue weighted by molar-refractivity contribution is -0.134. The summed E-state index contributed by atoms with van der Waals surface area (Å²) in [7, 11) is 1.33. The van der Waals surface area contributed by atoms with Crippen molar-refractivity contribution < 1.29 is 14.3 Å². The lowest BCUT2D eigenvalue weighted by Crippen LogP contribution is -2.42. The van der Waals surface area contributed by atoms with Gasteiger partial charge in [-0.1, -0.05) is 59.6 Å². The SMILES string of the molecule is COC(=O)/C=C/c1cccc(N(Cc2ccc(-c3cc(Cl)cc(Cl)c3)cc2)C(=O)NC(C)C)c1. The molecule has 0 saturated carbocycles. The maximum absolute atomic E-state index is 13.0. The molecule has 3 aromatic carbocycles. The maximum Gasteiger partial charge on any atom is 0.330 e. The summed E-state index contributed by atoms with van der Waals surface area (Å²) in [5.74, 6) is -0.444. The average Bonchev–Trinajstić information content (AvgIpc) is 2.80. The lowest BCUT2D eigenvalue weighted by Gasteiger charge is -2.25. The van der Waals surface area contributed by atoms with Gasteiger partial charge in [-0.2, -0.15) is 0 Å². The van der Waals surface area contributed by atoms with Crippen LogP contribution in [0.4, 0.5) is 10.5 Å². The van der Waals surface area contributed by atoms with Crippen LogP contribution in [0.1, 0.15) is 25.0 Å². The summed E-state index contributed by atoms with van der Waals surface area (Å²) in [5, 5.41) is 4.10. The quantitative estimate of drug-likeness (QED) is 0.283. The van der Waals surface area contributed by atoms with Gasteiger partial charge < -0.3 is 10.1 Å². The van der Waals surface area contributed by atoms with Crippen molar-refractivity contribution in [1.82, 2.24) is 5.32 Å². The average molecular weight is 497 g/mol. The molecule has 0 aliphatic rings. The van der Waals surface area contributed by atoms with E-state index in [1.165, 1.54) is 13.2 Å². The Morgan fingerprint density at radius 2 is 1.65 bits per heavy atom. The minimum absolute atomic E-state index is 0.0210. The molecule has 0 aromatic heterocycles. The molecule has 0 bridgehead atoms. The summed E-state index contributed by atoms with van der Waals surface area (Å²) < 4.78 is 4.65. The number of anilines is 1. The molecule has 0 spiro atoms. The Hall–Kier alpha value is -3.28. The molecule has 0 aliphatic carbocycles. The van der Waals surface area contributed by atoms with E-state index in [2.05, 4.69) is 10.1 Å². The van der Waals surface area contributed by atoms with Gasteiger partial charge in [-0.05, 0) is 72.5 Å². The van der Waals surface area contributed by atoms with Crippen molar-refractivity contribution in [1.29, 1.82) is 0 Å². The normalized spacial score (nSPS) is 11.0. The van der Waals surface area contributed by atoms with Gasteiger partial charge in [0.15, 0.2) is 0 Å². The number of hydrogen-bond acceptors (Lipinski definition) is 3. The third-order valence-corrected chi connectivity index (χ3v) is 5.38. The Balaban J connectivity index is 1.88. The van der Waals surface area contributed by atoms with Gasteiger partial charge in [-0.15, -0.1) is 0 Å². The van der Waals surface area contributed by atoms with Gasteiger partial charge in [-0.25, -0.2) is 9.59 Å². The Labute approximate surface area is 209 Å². The fourth-order valence-corrected chi connectivity index (χ4v) is 3.87. The molecule has 0 atom stereocenters. The number of hydrogen-bond donors (Lipinski definition) is 1. The first kappa shape index (κ1) is 25.3. The van der Waals surface area contributed by atoms with E-state index in [0.29, 0.717) is 22.3 Å². The number of benzene rings is 3. The van der Waals surface area contributed by atoms with Crippen LogP contribution in [0.2, 0.25) is 10.0 Å². The zero-order chi connectivity index (χ0) is 24.7. The van der Waals surface area contributed by atoms with Gasteiger partial charge in [-0.3, -0.25) is 4.90 Å². The number of nitrogens with zero attached hydrogens (tertiary/aromatic N) is 1. The molecule has 3 aromatic rings. The minimum atomic E-state index is -0.444. The first-order valence-electron chi connectivity index (χ1n) is 10.7. The molecule has 34 heavy (non-hydrogen) atoms. The van der Waals surface area contributed by atoms with Gasteiger partial charge in [0.25, 0.3) is 0 Å². The topological polar surface area (TPSA) is 58.6 Å². The van der Waals surface area contributed by atoms with E-state index in [4.69, 9.17) is 23.2 Å². The highest BCUT2D eigenvalue weighted by Crippen LogP contribution is 2.28. The number of methoxy groups -OCH3 is 1. The predicted octanol–water partition coefficient (Wildman–Crippen LogP) is 6.97. The fraction of sp³-hybridized carbons (Fsp3) is 0.185. The molecule has 1 N–H and O–H groups in total. The van der Waals surface area contributed by atoms with Gasteiger partial charge >= 0.3 is 12.0 Å². The summed E-state index contributed by atoms with van der Waals surface area (Å²) in [5.41, 5.74) is 4.32. The van der Waals surface area contributed by atoms with Crippen molar-refractivity contribution in [3.63, 3.8) is 0 Å². The fourth-order valence-electron chi connectivity index (χ4n) is 3.34. The molecule has 0 heterocycles. The van der Waals surface area contributed by atoms with Crippen molar-refractivity contribution in [2.75, 3.05) is 12.0 Å². The zero-order valence-electron chi connectivity index (χ0n) is 19.2. The van der Waals surface area contributed by atoms with Crippen LogP contribution >= 0.6 is 23.2 Å². The third kappa shape index (κ3) is 7.11. The highest BCUT2D eigenvalue weighted by molar-refractivity contribution is 6.35. The predicted molar refractivity (Wildman–Crippen MR) is 139 cm³/mol. The lowest BCUT2D eigenvalue weighted by atomic mass is 10.0. The van der Waals surface area contributed by atoms with E-state index in [9.17, 15) is 9.59 Å². The molecule has 3 rings (SSSR count). The molecular weight excluding hydrogens is 471 g/mol. The van der Waals surface area contributed by atoms with Gasteiger partial charge in [0.2, 0.25) is 0 Å². The summed E-state index contributed by atoms with van der Waals surface area (Å²) in [4.78, 5) is 26.1. The number of rotatable bonds is 7. The molecule has 0 fully saturated rings. The Morgan fingerprint density at radius 1 is 0.971 bits per heavy atom. The largest absolute Gasteiger partial charge is 0.466 e. The Bertz CT molecular complexity index is 1170. The van der Waals surface area contributed by atoms with Crippen LogP contribution in [0.3, 0.4) is 0 Å². The van der Waals surface area contributed by atoms with Crippen molar-refractivity contribution in [2.45, 2.75) is 26.4 Å². The first-order chi connectivity index (χ1) is 16.2.